The van der Waals surface area contributed by atoms with Crippen molar-refractivity contribution >= 4 is 49.4 Å². The van der Waals surface area contributed by atoms with Crippen LogP contribution < -0.4 is 4.90 Å². The topological polar surface area (TPSA) is 3.24 Å². The minimum atomic E-state index is 1.10. The van der Waals surface area contributed by atoms with Crippen molar-refractivity contribution in [2.24, 2.45) is 0 Å². The van der Waals surface area contributed by atoms with Crippen LogP contribution in [0.15, 0.2) is 224 Å². The predicted octanol–water partition coefficient (Wildman–Crippen LogP) is 15.3. The van der Waals surface area contributed by atoms with E-state index >= 15 is 0 Å². The summed E-state index contributed by atoms with van der Waals surface area (Å²) >= 11 is 0. The molecule has 0 aliphatic rings. The highest BCUT2D eigenvalue weighted by atomic mass is 15.1. The van der Waals surface area contributed by atoms with Gasteiger partial charge in [0.05, 0.1) is 5.69 Å². The van der Waals surface area contributed by atoms with Crippen molar-refractivity contribution in [2.45, 2.75) is 0 Å². The fourth-order valence-electron chi connectivity index (χ4n) is 8.13. The lowest BCUT2D eigenvalue weighted by molar-refractivity contribution is 1.30. The molecule has 258 valence electrons. The van der Waals surface area contributed by atoms with Gasteiger partial charge in [-0.25, -0.2) is 0 Å². The molecule has 0 atom stereocenters. The molecule has 0 aromatic heterocycles. The van der Waals surface area contributed by atoms with Gasteiger partial charge in [-0.1, -0.05) is 176 Å². The van der Waals surface area contributed by atoms with E-state index in [4.69, 9.17) is 0 Å². The molecule has 0 radical (unpaired) electrons. The summed E-state index contributed by atoms with van der Waals surface area (Å²) in [4.78, 5) is 2.43. The van der Waals surface area contributed by atoms with Crippen LogP contribution in [0, 0.1) is 0 Å². The highest BCUT2D eigenvalue weighted by Gasteiger charge is 2.19. The van der Waals surface area contributed by atoms with Gasteiger partial charge in [-0.3, -0.25) is 0 Å². The number of hydrogen-bond donors (Lipinski definition) is 0. The quantitative estimate of drug-likeness (QED) is 0.150. The van der Waals surface area contributed by atoms with E-state index in [0.29, 0.717) is 0 Å². The van der Waals surface area contributed by atoms with Crippen molar-refractivity contribution in [1.29, 1.82) is 0 Å². The average Bonchev–Trinajstić information content (AvgIpc) is 3.27. The van der Waals surface area contributed by atoms with Gasteiger partial charge in [-0.05, 0) is 120 Å². The Bertz CT molecular complexity index is 2900. The zero-order valence-corrected chi connectivity index (χ0v) is 30.3. The Labute approximate surface area is 322 Å². The summed E-state index contributed by atoms with van der Waals surface area (Å²) in [7, 11) is 0. The smallest absolute Gasteiger partial charge is 0.0546 e. The van der Waals surface area contributed by atoms with E-state index in [1.54, 1.807) is 0 Å². The molecular weight excluding hydrogens is 663 g/mol. The summed E-state index contributed by atoms with van der Waals surface area (Å²) in [5.74, 6) is 0. The van der Waals surface area contributed by atoms with Gasteiger partial charge in [-0.2, -0.15) is 0 Å². The largest absolute Gasteiger partial charge is 0.310 e. The predicted molar refractivity (Wildman–Crippen MR) is 235 cm³/mol. The number of anilines is 3. The fourth-order valence-corrected chi connectivity index (χ4v) is 8.13. The van der Waals surface area contributed by atoms with Gasteiger partial charge >= 0.3 is 0 Å². The zero-order chi connectivity index (χ0) is 36.6. The van der Waals surface area contributed by atoms with Crippen LogP contribution in [-0.4, -0.2) is 0 Å². The van der Waals surface area contributed by atoms with Gasteiger partial charge < -0.3 is 4.90 Å². The molecule has 0 saturated carbocycles. The third-order valence-electron chi connectivity index (χ3n) is 10.8. The summed E-state index contributed by atoms with van der Waals surface area (Å²) in [6.45, 7) is 0. The van der Waals surface area contributed by atoms with Crippen LogP contribution in [0.2, 0.25) is 0 Å². The summed E-state index contributed by atoms with van der Waals surface area (Å²) in [5, 5.41) is 7.43. The summed E-state index contributed by atoms with van der Waals surface area (Å²) in [6.07, 6.45) is 0. The van der Waals surface area contributed by atoms with Crippen LogP contribution in [0.5, 0.6) is 0 Å². The van der Waals surface area contributed by atoms with Crippen molar-refractivity contribution < 1.29 is 0 Å². The molecule has 0 spiro atoms. The van der Waals surface area contributed by atoms with E-state index in [-0.39, 0.29) is 0 Å². The monoisotopic (exact) mass is 699 g/mol. The van der Waals surface area contributed by atoms with Crippen LogP contribution in [0.3, 0.4) is 0 Å². The average molecular weight is 700 g/mol. The lowest BCUT2D eigenvalue weighted by atomic mass is 9.93. The minimum Gasteiger partial charge on any atom is -0.310 e. The van der Waals surface area contributed by atoms with E-state index < -0.39 is 0 Å². The van der Waals surface area contributed by atoms with Crippen LogP contribution >= 0.6 is 0 Å². The molecule has 0 bridgehead atoms. The zero-order valence-electron chi connectivity index (χ0n) is 30.3. The maximum Gasteiger partial charge on any atom is 0.0546 e. The minimum absolute atomic E-state index is 1.10. The molecule has 0 unspecified atom stereocenters. The molecule has 10 aromatic carbocycles. The molecule has 0 aliphatic heterocycles. The second-order valence-corrected chi connectivity index (χ2v) is 14.2. The van der Waals surface area contributed by atoms with Crippen LogP contribution in [0.4, 0.5) is 17.1 Å². The molecule has 0 saturated heterocycles. The van der Waals surface area contributed by atoms with Crippen molar-refractivity contribution in [3.05, 3.63) is 224 Å². The van der Waals surface area contributed by atoms with Gasteiger partial charge in [0.15, 0.2) is 0 Å². The Balaban J connectivity index is 1.17. The summed E-state index contributed by atoms with van der Waals surface area (Å²) in [6, 6.07) is 81.5. The molecule has 1 heteroatoms. The van der Waals surface area contributed by atoms with Crippen LogP contribution in [0.25, 0.3) is 76.8 Å². The molecule has 0 aliphatic carbocycles. The molecule has 0 amide bonds. The van der Waals surface area contributed by atoms with Crippen molar-refractivity contribution in [1.82, 2.24) is 0 Å². The second-order valence-electron chi connectivity index (χ2n) is 14.2. The molecule has 10 rings (SSSR count). The molecule has 0 N–H and O–H groups in total. The van der Waals surface area contributed by atoms with Crippen molar-refractivity contribution in [2.75, 3.05) is 4.90 Å². The first-order chi connectivity index (χ1) is 27.3. The summed E-state index contributed by atoms with van der Waals surface area (Å²) in [5.41, 5.74) is 12.9. The number of nitrogens with zero attached hydrogens (tertiary/aromatic N) is 1. The normalized spacial score (nSPS) is 11.3. The van der Waals surface area contributed by atoms with E-state index in [1.165, 1.54) is 71.3 Å². The highest BCUT2D eigenvalue weighted by molar-refractivity contribution is 6.14. The molecular formula is C54H37N. The van der Waals surface area contributed by atoms with E-state index in [2.05, 4.69) is 229 Å². The Morgan fingerprint density at radius 2 is 0.745 bits per heavy atom. The molecule has 1 nitrogen and oxygen atoms in total. The first-order valence-corrected chi connectivity index (χ1v) is 18.9. The SMILES string of the molecule is c1ccc(-c2cc(-c3ccccc3)cc(-c3cccc(N(c4ccc(-c5cccc6ccccc56)cc4)c4cc5ccccc5c5ccccc45)c3)c2)cc1. The number of fused-ring (bicyclic) bond motifs is 4. The van der Waals surface area contributed by atoms with Crippen molar-refractivity contribution in [3.8, 4) is 44.5 Å². The Kier molecular flexibility index (Phi) is 8.24. The highest BCUT2D eigenvalue weighted by Crippen LogP contribution is 2.44. The Morgan fingerprint density at radius 3 is 1.44 bits per heavy atom. The number of benzene rings is 10. The third-order valence-corrected chi connectivity index (χ3v) is 10.8. The van der Waals surface area contributed by atoms with Gasteiger partial charge in [0, 0.05) is 16.8 Å². The van der Waals surface area contributed by atoms with Gasteiger partial charge in [-0.15, -0.1) is 0 Å². The van der Waals surface area contributed by atoms with Crippen LogP contribution in [-0.2, 0) is 0 Å². The van der Waals surface area contributed by atoms with E-state index in [1.807, 2.05) is 0 Å². The first-order valence-electron chi connectivity index (χ1n) is 18.9. The third kappa shape index (κ3) is 6.12. The number of rotatable bonds is 7. The lowest BCUT2D eigenvalue weighted by Gasteiger charge is -2.28. The molecule has 10 aromatic rings. The van der Waals surface area contributed by atoms with Gasteiger partial charge in [0.2, 0.25) is 0 Å². The van der Waals surface area contributed by atoms with Gasteiger partial charge in [0.1, 0.15) is 0 Å². The summed E-state index contributed by atoms with van der Waals surface area (Å²) < 4.78 is 0. The maximum atomic E-state index is 2.43. The standard InChI is InChI=1S/C54H37N/c1-3-15-38(16-4-1)44-33-45(39-17-5-2-6-18-39)35-46(34-44)42-22-13-23-48(36-42)55(54-37-43-20-8-10-25-51(43)52-26-11-12-27-53(52)54)47-31-29-41(30-32-47)50-28-14-21-40-19-7-9-24-49(40)50/h1-37H. The maximum absolute atomic E-state index is 2.43. The molecule has 55 heavy (non-hydrogen) atoms. The first kappa shape index (κ1) is 32.4. The Hall–Kier alpha value is -7.22. The Morgan fingerprint density at radius 1 is 0.236 bits per heavy atom. The van der Waals surface area contributed by atoms with Crippen LogP contribution in [0.1, 0.15) is 0 Å². The second kappa shape index (κ2) is 14.0. The van der Waals surface area contributed by atoms with E-state index in [9.17, 15) is 0 Å². The number of hydrogen-bond acceptors (Lipinski definition) is 1. The molecule has 0 fully saturated rings. The molecule has 0 heterocycles. The van der Waals surface area contributed by atoms with Crippen molar-refractivity contribution in [3.63, 3.8) is 0 Å². The lowest BCUT2D eigenvalue weighted by Crippen LogP contribution is -2.11. The van der Waals surface area contributed by atoms with E-state index in [0.717, 1.165) is 22.6 Å². The van der Waals surface area contributed by atoms with Gasteiger partial charge in [0.25, 0.3) is 0 Å². The fraction of sp³-hybridized carbons (Fsp3) is 0.